The van der Waals surface area contributed by atoms with Gasteiger partial charge in [0.05, 0.1) is 11.1 Å². The summed E-state index contributed by atoms with van der Waals surface area (Å²) in [5, 5.41) is 9.99. The van der Waals surface area contributed by atoms with Crippen molar-refractivity contribution < 1.29 is 19.5 Å². The van der Waals surface area contributed by atoms with Crippen LogP contribution in [-0.4, -0.2) is 28.1 Å². The molecule has 0 saturated heterocycles. The first kappa shape index (κ1) is 22.5. The number of carboxylic acid groups (broad SMARTS) is 1. The van der Waals surface area contributed by atoms with Gasteiger partial charge in [-0.25, -0.2) is 4.79 Å². The summed E-state index contributed by atoms with van der Waals surface area (Å²) in [5.41, 5.74) is 2.66. The minimum absolute atomic E-state index is 0.0334. The number of aryl methyl sites for hydroxylation is 1. The van der Waals surface area contributed by atoms with Crippen molar-refractivity contribution in [2.75, 3.05) is 0 Å². The Labute approximate surface area is 160 Å². The molecule has 0 radical (unpaired) electrons. The molecule has 2 atom stereocenters. The average Bonchev–Trinajstić information content (AvgIpc) is 2.64. The third-order valence-corrected chi connectivity index (χ3v) is 4.69. The van der Waals surface area contributed by atoms with E-state index in [4.69, 9.17) is 9.90 Å². The molecule has 0 amide bonds. The molecule has 0 spiro atoms. The Morgan fingerprint density at radius 1 is 1.22 bits per heavy atom. The van der Waals surface area contributed by atoms with Crippen LogP contribution in [0.2, 0.25) is 0 Å². The summed E-state index contributed by atoms with van der Waals surface area (Å²) in [7, 11) is 0. The highest BCUT2D eigenvalue weighted by Gasteiger charge is 2.26. The van der Waals surface area contributed by atoms with Crippen LogP contribution in [0.15, 0.2) is 24.3 Å². The van der Waals surface area contributed by atoms with Gasteiger partial charge in [-0.2, -0.15) is 0 Å². The quantitative estimate of drug-likeness (QED) is 0.696. The monoisotopic (exact) mass is 371 g/mol. The van der Waals surface area contributed by atoms with Crippen molar-refractivity contribution in [3.8, 4) is 0 Å². The lowest BCUT2D eigenvalue weighted by molar-refractivity contribution is -0.124. The number of pyridine rings is 1. The minimum atomic E-state index is -0.962. The highest BCUT2D eigenvalue weighted by atomic mass is 16.4. The molecule has 5 heteroatoms. The van der Waals surface area contributed by atoms with E-state index in [1.54, 1.807) is 18.2 Å². The number of hydrogen-bond acceptors (Lipinski definition) is 4. The van der Waals surface area contributed by atoms with Crippen LogP contribution >= 0.6 is 0 Å². The lowest BCUT2D eigenvalue weighted by Crippen LogP contribution is -2.21. The van der Waals surface area contributed by atoms with Crippen LogP contribution in [0.4, 0.5) is 0 Å². The molecule has 0 aliphatic heterocycles. The molecular weight excluding hydrogens is 342 g/mol. The van der Waals surface area contributed by atoms with Crippen molar-refractivity contribution in [3.05, 3.63) is 41.1 Å². The van der Waals surface area contributed by atoms with Gasteiger partial charge in [0, 0.05) is 22.9 Å². The average molecular weight is 371 g/mol. The highest BCUT2D eigenvalue weighted by molar-refractivity contribution is 5.94. The van der Waals surface area contributed by atoms with E-state index in [1.165, 1.54) is 6.92 Å². The van der Waals surface area contributed by atoms with Gasteiger partial charge >= 0.3 is 5.97 Å². The summed E-state index contributed by atoms with van der Waals surface area (Å²) >= 11 is 0. The maximum atomic E-state index is 12.8. The van der Waals surface area contributed by atoms with Crippen LogP contribution in [0.5, 0.6) is 0 Å². The number of Topliss-reactive ketones (excluding diaryl/α,β-unsaturated/α-hetero) is 1. The number of benzene rings is 1. The molecule has 27 heavy (non-hydrogen) atoms. The fraction of sp³-hybridized carbons (Fsp3) is 0.455. The standard InChI is InChI=1S/C20H25NO3.C2H4O/c1-5-7-16(19(22)12(3)6-2)17-10-14-8-9-15(20(23)24)11-18(14)21-13(17)4;1-2-3/h8-12,16H,5-7H2,1-4H3,(H,23,24);2H,1H3. The lowest BCUT2D eigenvalue weighted by atomic mass is 9.83. The molecule has 0 fully saturated rings. The zero-order valence-electron chi connectivity index (χ0n) is 16.8. The number of carboxylic acids is 1. The Bertz CT molecular complexity index is 813. The highest BCUT2D eigenvalue weighted by Crippen LogP contribution is 2.30. The molecule has 0 aliphatic carbocycles. The normalized spacial score (nSPS) is 12.6. The van der Waals surface area contributed by atoms with Crippen molar-refractivity contribution >= 4 is 28.9 Å². The number of nitrogens with zero attached hydrogens (tertiary/aromatic N) is 1. The first-order chi connectivity index (χ1) is 12.8. The van der Waals surface area contributed by atoms with Gasteiger partial charge in [-0.1, -0.05) is 33.3 Å². The Hall–Kier alpha value is -2.56. The molecule has 0 aliphatic rings. The molecule has 1 heterocycles. The van der Waals surface area contributed by atoms with E-state index in [1.807, 2.05) is 26.8 Å². The van der Waals surface area contributed by atoms with Gasteiger partial charge in [0.25, 0.3) is 0 Å². The maximum Gasteiger partial charge on any atom is 0.335 e. The first-order valence-corrected chi connectivity index (χ1v) is 9.38. The second kappa shape index (κ2) is 10.6. The maximum absolute atomic E-state index is 12.8. The van der Waals surface area contributed by atoms with E-state index in [0.717, 1.165) is 42.2 Å². The molecule has 1 aromatic carbocycles. The van der Waals surface area contributed by atoms with E-state index < -0.39 is 5.97 Å². The van der Waals surface area contributed by atoms with Gasteiger partial charge in [0.2, 0.25) is 0 Å². The number of hydrogen-bond donors (Lipinski definition) is 1. The van der Waals surface area contributed by atoms with E-state index in [0.29, 0.717) is 5.52 Å². The van der Waals surface area contributed by atoms with Crippen LogP contribution in [-0.2, 0) is 9.59 Å². The van der Waals surface area contributed by atoms with E-state index in [2.05, 4.69) is 11.9 Å². The fourth-order valence-electron chi connectivity index (χ4n) is 3.05. The molecule has 1 aromatic heterocycles. The summed E-state index contributed by atoms with van der Waals surface area (Å²) in [6.07, 6.45) is 3.33. The Balaban J connectivity index is 0.00000114. The molecule has 2 rings (SSSR count). The van der Waals surface area contributed by atoms with Crippen LogP contribution in [0.3, 0.4) is 0 Å². The molecule has 1 N–H and O–H groups in total. The number of fused-ring (bicyclic) bond motifs is 1. The third-order valence-electron chi connectivity index (χ3n) is 4.69. The van der Waals surface area contributed by atoms with Crippen molar-refractivity contribution in [3.63, 3.8) is 0 Å². The second-order valence-electron chi connectivity index (χ2n) is 6.66. The molecule has 146 valence electrons. The summed E-state index contributed by atoms with van der Waals surface area (Å²) in [6, 6.07) is 6.94. The van der Waals surface area contributed by atoms with Gasteiger partial charge in [0.1, 0.15) is 12.1 Å². The zero-order valence-corrected chi connectivity index (χ0v) is 16.8. The van der Waals surface area contributed by atoms with Gasteiger partial charge in [0.15, 0.2) is 0 Å². The van der Waals surface area contributed by atoms with E-state index in [9.17, 15) is 9.59 Å². The van der Waals surface area contributed by atoms with E-state index >= 15 is 0 Å². The summed E-state index contributed by atoms with van der Waals surface area (Å²) in [6.45, 7) is 9.44. The topological polar surface area (TPSA) is 84.3 Å². The number of carbonyl (C=O) groups is 3. The minimum Gasteiger partial charge on any atom is -0.478 e. The first-order valence-electron chi connectivity index (χ1n) is 9.38. The van der Waals surface area contributed by atoms with Crippen molar-refractivity contribution in [2.24, 2.45) is 5.92 Å². The van der Waals surface area contributed by atoms with Crippen molar-refractivity contribution in [1.82, 2.24) is 4.98 Å². The summed E-state index contributed by atoms with van der Waals surface area (Å²) < 4.78 is 0. The number of ketones is 1. The fourth-order valence-corrected chi connectivity index (χ4v) is 3.05. The molecular formula is C22H29NO4. The predicted molar refractivity (Wildman–Crippen MR) is 107 cm³/mol. The molecule has 0 saturated carbocycles. The zero-order chi connectivity index (χ0) is 20.6. The van der Waals surface area contributed by atoms with Crippen LogP contribution in [0.1, 0.15) is 74.5 Å². The Morgan fingerprint density at radius 2 is 1.85 bits per heavy atom. The third kappa shape index (κ3) is 5.71. The number of aromatic nitrogens is 1. The van der Waals surface area contributed by atoms with Gasteiger partial charge in [-0.3, -0.25) is 9.78 Å². The van der Waals surface area contributed by atoms with Gasteiger partial charge < -0.3 is 9.90 Å². The largest absolute Gasteiger partial charge is 0.478 e. The summed E-state index contributed by atoms with van der Waals surface area (Å²) in [5.74, 6) is -0.797. The second-order valence-corrected chi connectivity index (χ2v) is 6.66. The number of rotatable bonds is 7. The van der Waals surface area contributed by atoms with Crippen LogP contribution in [0, 0.1) is 12.8 Å². The smallest absolute Gasteiger partial charge is 0.335 e. The van der Waals surface area contributed by atoms with Crippen LogP contribution in [0.25, 0.3) is 10.9 Å². The number of aldehydes is 1. The van der Waals surface area contributed by atoms with E-state index in [-0.39, 0.29) is 23.2 Å². The summed E-state index contributed by atoms with van der Waals surface area (Å²) in [4.78, 5) is 37.3. The Morgan fingerprint density at radius 3 is 2.37 bits per heavy atom. The number of carbonyl (C=O) groups excluding carboxylic acids is 2. The molecule has 5 nitrogen and oxygen atoms in total. The SMILES string of the molecule is CC=O.CCCC(C(=O)C(C)CC)c1cc2ccc(C(=O)O)cc2nc1C. The van der Waals surface area contributed by atoms with Crippen molar-refractivity contribution in [2.45, 2.75) is 59.8 Å². The number of aromatic carboxylic acids is 1. The Kier molecular flexibility index (Phi) is 8.79. The van der Waals surface area contributed by atoms with Crippen LogP contribution < -0.4 is 0 Å². The molecule has 0 bridgehead atoms. The lowest BCUT2D eigenvalue weighted by Gasteiger charge is -2.21. The molecule has 2 unspecified atom stereocenters. The van der Waals surface area contributed by atoms with Crippen molar-refractivity contribution in [1.29, 1.82) is 0 Å². The van der Waals surface area contributed by atoms with Gasteiger partial charge in [-0.15, -0.1) is 0 Å². The molecule has 2 aromatic rings. The van der Waals surface area contributed by atoms with Gasteiger partial charge in [-0.05, 0) is 50.5 Å². The predicted octanol–water partition coefficient (Wildman–Crippen LogP) is 4.95.